The van der Waals surface area contributed by atoms with Gasteiger partial charge in [0.25, 0.3) is 0 Å². The van der Waals surface area contributed by atoms with Crippen molar-refractivity contribution in [1.29, 1.82) is 0 Å². The molecule has 2 atom stereocenters. The van der Waals surface area contributed by atoms with E-state index in [-0.39, 0.29) is 11.6 Å². The number of ether oxygens (including phenoxy) is 2. The molecule has 1 aromatic rings. The van der Waals surface area contributed by atoms with Gasteiger partial charge in [-0.25, -0.2) is 0 Å². The number of aryl methyl sites for hydroxylation is 1. The summed E-state index contributed by atoms with van der Waals surface area (Å²) in [5.74, 6) is -0.173. The third-order valence-electron chi connectivity index (χ3n) is 4.81. The minimum absolute atomic E-state index is 0.173. The van der Waals surface area contributed by atoms with Gasteiger partial charge in [0.2, 0.25) is 0 Å². The maximum atomic E-state index is 11.9. The largest absolute Gasteiger partial charge is 0.466 e. The van der Waals surface area contributed by atoms with Gasteiger partial charge < -0.3 is 14.8 Å². The number of fused-ring (bicyclic) bond motifs is 2. The third kappa shape index (κ3) is 3.72. The molecule has 0 aromatic heterocycles. The number of carbonyl (C=O) groups excluding carboxylic acids is 1. The fraction of sp³-hybridized carbons (Fsp3) is 0.611. The van der Waals surface area contributed by atoms with Gasteiger partial charge in [-0.15, -0.1) is 0 Å². The fourth-order valence-corrected chi connectivity index (χ4v) is 3.83. The number of rotatable bonds is 7. The molecule has 1 N–H and O–H groups in total. The first kappa shape index (κ1) is 18.0. The Hall–Kier alpha value is -0.810. The van der Waals surface area contributed by atoms with E-state index in [0.29, 0.717) is 42.1 Å². The van der Waals surface area contributed by atoms with Crippen molar-refractivity contribution in [3.63, 3.8) is 0 Å². The molecule has 0 amide bonds. The number of hydrogen-bond donors (Lipinski definition) is 1. The normalized spacial score (nSPS) is 25.2. The molecule has 0 saturated carbocycles. The standard InChI is InChI=1S/C18H23Cl2NO3/c1-2-3-6-23-17(22)5-4-12-7-15(19)16(20)8-14(12)18-9-13(10-24-18)21-11-18/h7-8,13,21H,2-6,9-11H2,1H3. The second-order valence-corrected chi connectivity index (χ2v) is 7.40. The number of benzene rings is 1. The number of carbonyl (C=O) groups is 1. The summed E-state index contributed by atoms with van der Waals surface area (Å²) in [5, 5.41) is 4.49. The van der Waals surface area contributed by atoms with Crippen LogP contribution in [0.25, 0.3) is 0 Å². The topological polar surface area (TPSA) is 47.6 Å². The first-order chi connectivity index (χ1) is 11.5. The minimum atomic E-state index is -0.347. The van der Waals surface area contributed by atoms with Crippen molar-refractivity contribution in [3.8, 4) is 0 Å². The van der Waals surface area contributed by atoms with Gasteiger partial charge in [-0.05, 0) is 42.5 Å². The first-order valence-corrected chi connectivity index (χ1v) is 9.31. The van der Waals surface area contributed by atoms with E-state index in [2.05, 4.69) is 12.2 Å². The molecule has 0 spiro atoms. The van der Waals surface area contributed by atoms with Crippen molar-refractivity contribution < 1.29 is 14.3 Å². The summed E-state index contributed by atoms with van der Waals surface area (Å²) < 4.78 is 11.3. The molecule has 0 radical (unpaired) electrons. The highest BCUT2D eigenvalue weighted by atomic mass is 35.5. The zero-order chi connectivity index (χ0) is 17.2. The van der Waals surface area contributed by atoms with E-state index in [1.165, 1.54) is 0 Å². The van der Waals surface area contributed by atoms with Crippen LogP contribution in [0.2, 0.25) is 10.0 Å². The quantitative estimate of drug-likeness (QED) is 0.583. The summed E-state index contributed by atoms with van der Waals surface area (Å²) in [4.78, 5) is 11.9. The van der Waals surface area contributed by atoms with Gasteiger partial charge in [0.15, 0.2) is 0 Å². The predicted octanol–water partition coefficient (Wildman–Crippen LogP) is 3.86. The van der Waals surface area contributed by atoms with Crippen LogP contribution in [0.1, 0.15) is 43.7 Å². The number of halogens is 2. The summed E-state index contributed by atoms with van der Waals surface area (Å²) in [7, 11) is 0. The summed E-state index contributed by atoms with van der Waals surface area (Å²) in [6, 6.07) is 4.16. The Kier molecular flexibility index (Phi) is 5.70. The molecule has 24 heavy (non-hydrogen) atoms. The van der Waals surface area contributed by atoms with Crippen molar-refractivity contribution in [1.82, 2.24) is 5.32 Å². The molecule has 2 aliphatic rings. The molecule has 2 aliphatic heterocycles. The monoisotopic (exact) mass is 371 g/mol. The summed E-state index contributed by atoms with van der Waals surface area (Å²) in [6.45, 7) is 4.03. The lowest BCUT2D eigenvalue weighted by Crippen LogP contribution is -2.38. The Bertz CT molecular complexity index is 613. The van der Waals surface area contributed by atoms with E-state index in [9.17, 15) is 4.79 Å². The molecule has 2 fully saturated rings. The predicted molar refractivity (Wildman–Crippen MR) is 94.7 cm³/mol. The average Bonchev–Trinajstić information content (AvgIpc) is 3.18. The average molecular weight is 372 g/mol. The maximum absolute atomic E-state index is 11.9. The molecule has 2 saturated heterocycles. The molecule has 2 bridgehead atoms. The zero-order valence-corrected chi connectivity index (χ0v) is 15.4. The fourth-order valence-electron chi connectivity index (χ4n) is 3.48. The molecule has 0 aliphatic carbocycles. The number of nitrogens with one attached hydrogen (secondary N) is 1. The molecule has 2 unspecified atom stereocenters. The minimum Gasteiger partial charge on any atom is -0.466 e. The summed E-state index contributed by atoms with van der Waals surface area (Å²) in [5.41, 5.74) is 1.72. The van der Waals surface area contributed by atoms with Crippen molar-refractivity contribution in [2.75, 3.05) is 19.8 Å². The van der Waals surface area contributed by atoms with E-state index >= 15 is 0 Å². The molecular weight excluding hydrogens is 349 g/mol. The highest BCUT2D eigenvalue weighted by molar-refractivity contribution is 6.42. The zero-order valence-electron chi connectivity index (χ0n) is 13.9. The smallest absolute Gasteiger partial charge is 0.306 e. The van der Waals surface area contributed by atoms with Crippen LogP contribution in [-0.2, 0) is 26.3 Å². The lowest BCUT2D eigenvalue weighted by atomic mass is 9.87. The van der Waals surface area contributed by atoms with Crippen molar-refractivity contribution in [2.24, 2.45) is 0 Å². The van der Waals surface area contributed by atoms with E-state index in [4.69, 9.17) is 32.7 Å². The highest BCUT2D eigenvalue weighted by Crippen LogP contribution is 2.44. The van der Waals surface area contributed by atoms with Crippen LogP contribution in [0.5, 0.6) is 0 Å². The van der Waals surface area contributed by atoms with Gasteiger partial charge in [-0.1, -0.05) is 36.5 Å². The van der Waals surface area contributed by atoms with Crippen molar-refractivity contribution in [3.05, 3.63) is 33.3 Å². The van der Waals surface area contributed by atoms with Gasteiger partial charge >= 0.3 is 5.97 Å². The Morgan fingerprint density at radius 3 is 2.83 bits per heavy atom. The molecule has 3 rings (SSSR count). The molecular formula is C18H23Cl2NO3. The number of hydrogen-bond acceptors (Lipinski definition) is 4. The number of morpholine rings is 1. The van der Waals surface area contributed by atoms with Gasteiger partial charge in [0.1, 0.15) is 5.60 Å². The van der Waals surface area contributed by atoms with Crippen LogP contribution in [0.15, 0.2) is 12.1 Å². The Morgan fingerprint density at radius 2 is 2.21 bits per heavy atom. The van der Waals surface area contributed by atoms with Crippen LogP contribution >= 0.6 is 23.2 Å². The van der Waals surface area contributed by atoms with Crippen LogP contribution in [0.3, 0.4) is 0 Å². The lowest BCUT2D eigenvalue weighted by molar-refractivity contribution is -0.143. The SMILES string of the molecule is CCCCOC(=O)CCc1cc(Cl)c(Cl)cc1C12CNC(CO1)C2. The van der Waals surface area contributed by atoms with E-state index < -0.39 is 0 Å². The van der Waals surface area contributed by atoms with Gasteiger partial charge in [-0.3, -0.25) is 4.79 Å². The molecule has 132 valence electrons. The van der Waals surface area contributed by atoms with Gasteiger partial charge in [-0.2, -0.15) is 0 Å². The highest BCUT2D eigenvalue weighted by Gasteiger charge is 2.48. The van der Waals surface area contributed by atoms with Crippen molar-refractivity contribution in [2.45, 2.75) is 50.7 Å². The van der Waals surface area contributed by atoms with E-state index in [1.807, 2.05) is 12.1 Å². The third-order valence-corrected chi connectivity index (χ3v) is 5.53. The second-order valence-electron chi connectivity index (χ2n) is 6.58. The number of esters is 1. The Morgan fingerprint density at radius 1 is 1.42 bits per heavy atom. The number of unbranched alkanes of at least 4 members (excludes halogenated alkanes) is 1. The lowest BCUT2D eigenvalue weighted by Gasteiger charge is -2.30. The van der Waals surface area contributed by atoms with Crippen LogP contribution < -0.4 is 5.32 Å². The van der Waals surface area contributed by atoms with Crippen LogP contribution in [0, 0.1) is 0 Å². The van der Waals surface area contributed by atoms with Crippen molar-refractivity contribution >= 4 is 29.2 Å². The Labute approximate surface area is 152 Å². The van der Waals surface area contributed by atoms with Crippen LogP contribution in [-0.4, -0.2) is 31.8 Å². The van der Waals surface area contributed by atoms with E-state index in [0.717, 1.165) is 36.9 Å². The molecule has 6 heteroatoms. The van der Waals surface area contributed by atoms with Gasteiger partial charge in [0, 0.05) is 19.0 Å². The molecule has 1 aromatic carbocycles. The first-order valence-electron chi connectivity index (χ1n) is 8.55. The molecule has 2 heterocycles. The Balaban J connectivity index is 1.75. The molecule has 4 nitrogen and oxygen atoms in total. The summed E-state index contributed by atoms with van der Waals surface area (Å²) >= 11 is 12.4. The summed E-state index contributed by atoms with van der Waals surface area (Å²) in [6.07, 6.45) is 3.75. The van der Waals surface area contributed by atoms with E-state index in [1.54, 1.807) is 0 Å². The van der Waals surface area contributed by atoms with Gasteiger partial charge in [0.05, 0.1) is 23.3 Å². The second kappa shape index (κ2) is 7.61. The van der Waals surface area contributed by atoms with Crippen LogP contribution in [0.4, 0.5) is 0 Å². The maximum Gasteiger partial charge on any atom is 0.306 e.